The minimum Gasteiger partial charge on any atom is -0.507 e. The number of aliphatic hydroxyl groups excluding tert-OH is 2. The number of phenols is 2. The van der Waals surface area contributed by atoms with Crippen molar-refractivity contribution in [2.45, 2.75) is 131 Å². The summed E-state index contributed by atoms with van der Waals surface area (Å²) in [6, 6.07) is -0.183. The maximum atomic E-state index is 14.8. The second-order valence-electron chi connectivity index (χ2n) is 19.4. The summed E-state index contributed by atoms with van der Waals surface area (Å²) in [6.45, 7) is 22.0. The topological polar surface area (TPSA) is 212 Å². The van der Waals surface area contributed by atoms with Gasteiger partial charge in [-0.25, -0.2) is 4.79 Å². The van der Waals surface area contributed by atoms with Crippen molar-refractivity contribution in [3.63, 3.8) is 0 Å². The number of nitrogens with zero attached hydrogens (tertiary/aromatic N) is 4. The van der Waals surface area contributed by atoms with Crippen LogP contribution in [0.4, 0.5) is 10.5 Å². The normalized spacial score (nSPS) is 31.4. The predicted molar refractivity (Wildman–Crippen MR) is 245 cm³/mol. The molecular formula is C49H69N5O11. The summed E-state index contributed by atoms with van der Waals surface area (Å²) in [5, 5.41) is 50.7. The molecule has 6 rings (SSSR count). The van der Waals surface area contributed by atoms with E-state index in [2.05, 4.69) is 24.1 Å². The first-order chi connectivity index (χ1) is 30.5. The number of piperidine rings is 1. The number of Topliss-reactive ketones (excluding diaryl/α,β-unsaturated/α-hetero) is 1. The lowest BCUT2D eigenvalue weighted by Crippen LogP contribution is -2.48. The molecule has 0 aliphatic carbocycles. The van der Waals surface area contributed by atoms with Crippen LogP contribution in [-0.4, -0.2) is 124 Å². The molecule has 9 atom stereocenters. The SMILES string of the molecule is CO[C@H]1/C=C/O[C@@]2(C)Oc3c(C)c(O)c4c(O)c(c5c(c4c3C2=O)=NC2(CCN(CC(C)C)CC2)N=5)NC(=O)/C(C)=C\C=C\[C@H](C)[C@H](O)[C@@H](C)[C@@H](O)[C@@H](C)[C@H](OC(=O)N(C)C(C)C)[C@@H]1C. The number of hydrogen-bond acceptors (Lipinski definition) is 14. The highest BCUT2D eigenvalue weighted by Crippen LogP contribution is 2.50. The van der Waals surface area contributed by atoms with Crippen molar-refractivity contribution in [3.8, 4) is 17.2 Å². The molecule has 4 bridgehead atoms. The van der Waals surface area contributed by atoms with E-state index < -0.39 is 83.1 Å². The van der Waals surface area contributed by atoms with Crippen LogP contribution in [0.5, 0.6) is 17.2 Å². The zero-order chi connectivity index (χ0) is 48.0. The third-order valence-electron chi connectivity index (χ3n) is 13.9. The number of rotatable bonds is 5. The summed E-state index contributed by atoms with van der Waals surface area (Å²) < 4.78 is 24.5. The Hall–Kier alpha value is -5.03. The summed E-state index contributed by atoms with van der Waals surface area (Å²) in [5.41, 5.74) is -0.591. The number of allylic oxidation sites excluding steroid dienone is 2. The van der Waals surface area contributed by atoms with Crippen molar-refractivity contribution < 1.29 is 53.8 Å². The van der Waals surface area contributed by atoms with Gasteiger partial charge in [-0.2, -0.15) is 0 Å². The molecule has 5 N–H and O–H groups in total. The maximum Gasteiger partial charge on any atom is 0.410 e. The quantitative estimate of drug-likeness (QED) is 0.230. The first-order valence-corrected chi connectivity index (χ1v) is 22.8. The number of methoxy groups -OCH3 is 1. The number of ketones is 1. The molecule has 65 heavy (non-hydrogen) atoms. The molecule has 1 spiro atoms. The minimum atomic E-state index is -1.97. The molecule has 4 aliphatic heterocycles. The van der Waals surface area contributed by atoms with Crippen molar-refractivity contribution in [1.29, 1.82) is 0 Å². The molecule has 1 saturated heterocycles. The van der Waals surface area contributed by atoms with Crippen LogP contribution in [0.25, 0.3) is 10.8 Å². The number of anilines is 1. The number of aromatic hydroxyl groups is 2. The Morgan fingerprint density at radius 2 is 1.60 bits per heavy atom. The molecule has 0 unspecified atom stereocenters. The molecule has 356 valence electrons. The van der Waals surface area contributed by atoms with Gasteiger partial charge in [0.15, 0.2) is 11.4 Å². The van der Waals surface area contributed by atoms with Crippen LogP contribution in [0.3, 0.4) is 0 Å². The van der Waals surface area contributed by atoms with Gasteiger partial charge in [-0.3, -0.25) is 19.6 Å². The van der Waals surface area contributed by atoms with Gasteiger partial charge >= 0.3 is 11.9 Å². The average Bonchev–Trinajstić information content (AvgIpc) is 3.76. The zero-order valence-electron chi connectivity index (χ0n) is 40.1. The van der Waals surface area contributed by atoms with E-state index in [0.29, 0.717) is 31.8 Å². The molecule has 2 aromatic carbocycles. The molecule has 16 heteroatoms. The molecule has 0 radical (unpaired) electrons. The fraction of sp³-hybridized carbons (Fsp3) is 0.612. The van der Waals surface area contributed by atoms with Crippen molar-refractivity contribution in [3.05, 3.63) is 58.0 Å². The fourth-order valence-electron chi connectivity index (χ4n) is 9.42. The van der Waals surface area contributed by atoms with Gasteiger partial charge in [0.25, 0.3) is 11.7 Å². The second kappa shape index (κ2) is 19.1. The van der Waals surface area contributed by atoms with E-state index in [1.165, 1.54) is 25.2 Å². The minimum absolute atomic E-state index is 0.0330. The Balaban J connectivity index is 1.52. The predicted octanol–water partition coefficient (Wildman–Crippen LogP) is 5.66. The summed E-state index contributed by atoms with van der Waals surface area (Å²) in [7, 11) is 3.10. The highest BCUT2D eigenvalue weighted by Gasteiger charge is 2.50. The molecule has 1 fully saturated rings. The Morgan fingerprint density at radius 3 is 2.22 bits per heavy atom. The van der Waals surface area contributed by atoms with Gasteiger partial charge < -0.3 is 54.5 Å². The number of likely N-dealkylation sites (tertiary alicyclic amines) is 1. The Labute approximate surface area is 381 Å². The van der Waals surface area contributed by atoms with E-state index in [0.717, 1.165) is 6.54 Å². The third-order valence-corrected chi connectivity index (χ3v) is 13.9. The first-order valence-electron chi connectivity index (χ1n) is 22.8. The number of carbonyl (C=O) groups excluding carboxylic acids is 3. The standard InChI is InChI=1S/C49H69N5O11/c1-24(2)23-54-20-18-49(19-21-54)51-36-33-34-41(57)31(10)44-35(33)45(59)48(11,65-44)63-22-17-32(62-13)28(7)43(64-47(61)53(12)25(3)4)30(9)40(56)29(8)39(55)26(5)15-14-16-27(6)46(60)50-38(42(34)58)37(36)52-49/h14-17,22,24-26,28-30,32,39-40,43,55-58H,18-21,23H2,1-13H3,(H,50,60)/b15-14+,22-17+,27-16-/t26-,28+,29+,30+,32-,39-,40+,43+,48-/m0/s1. The van der Waals surface area contributed by atoms with Gasteiger partial charge in [0.05, 0.1) is 40.9 Å². The summed E-state index contributed by atoms with van der Waals surface area (Å²) in [6.07, 6.45) is 4.30. The lowest BCUT2D eigenvalue weighted by molar-refractivity contribution is -0.112. The van der Waals surface area contributed by atoms with Crippen molar-refractivity contribution in [1.82, 2.24) is 9.80 Å². The van der Waals surface area contributed by atoms with E-state index in [9.17, 15) is 34.8 Å². The van der Waals surface area contributed by atoms with E-state index in [1.54, 1.807) is 72.9 Å². The van der Waals surface area contributed by atoms with E-state index in [-0.39, 0.29) is 61.4 Å². The van der Waals surface area contributed by atoms with E-state index >= 15 is 0 Å². The molecule has 0 saturated carbocycles. The third kappa shape index (κ3) is 9.36. The first kappa shape index (κ1) is 49.4. The fourth-order valence-corrected chi connectivity index (χ4v) is 9.42. The van der Waals surface area contributed by atoms with Gasteiger partial charge in [0.1, 0.15) is 28.6 Å². The van der Waals surface area contributed by atoms with Gasteiger partial charge in [-0.1, -0.05) is 59.8 Å². The molecule has 16 nitrogen and oxygen atoms in total. The van der Waals surface area contributed by atoms with Crippen LogP contribution < -0.4 is 20.8 Å². The van der Waals surface area contributed by atoms with Crippen molar-refractivity contribution in [2.24, 2.45) is 39.6 Å². The number of benzene rings is 2. The molecule has 2 amide bonds. The monoisotopic (exact) mass is 903 g/mol. The van der Waals surface area contributed by atoms with Crippen molar-refractivity contribution in [2.75, 3.05) is 39.1 Å². The van der Waals surface area contributed by atoms with Crippen LogP contribution in [0.2, 0.25) is 0 Å². The Kier molecular flexibility index (Phi) is 14.5. The van der Waals surface area contributed by atoms with Crippen LogP contribution in [0.1, 0.15) is 98.0 Å². The van der Waals surface area contributed by atoms with Gasteiger partial charge in [0.2, 0.25) is 0 Å². The maximum absolute atomic E-state index is 14.8. The summed E-state index contributed by atoms with van der Waals surface area (Å²) in [4.78, 5) is 56.4. The van der Waals surface area contributed by atoms with Crippen LogP contribution >= 0.6 is 0 Å². The van der Waals surface area contributed by atoms with Crippen LogP contribution in [0.15, 0.2) is 46.1 Å². The number of aliphatic hydroxyl groups is 2. The van der Waals surface area contributed by atoms with Gasteiger partial charge in [-0.15, -0.1) is 0 Å². The lowest BCUT2D eigenvalue weighted by Gasteiger charge is -2.39. The molecule has 4 aliphatic rings. The lowest BCUT2D eigenvalue weighted by atomic mass is 9.78. The molecular weight excluding hydrogens is 835 g/mol. The highest BCUT2D eigenvalue weighted by atomic mass is 16.7. The molecule has 2 aromatic rings. The summed E-state index contributed by atoms with van der Waals surface area (Å²) in [5.74, 6) is -6.05. The number of amides is 2. The number of hydrogen-bond donors (Lipinski definition) is 5. The van der Waals surface area contributed by atoms with Gasteiger partial charge in [0, 0.05) is 99.8 Å². The Bertz CT molecular complexity index is 2400. The number of ether oxygens (including phenoxy) is 4. The number of nitrogens with one attached hydrogen (secondary N) is 1. The highest BCUT2D eigenvalue weighted by molar-refractivity contribution is 6.19. The smallest absolute Gasteiger partial charge is 0.410 e. The van der Waals surface area contributed by atoms with Crippen LogP contribution in [-0.2, 0) is 19.0 Å². The van der Waals surface area contributed by atoms with Crippen molar-refractivity contribution >= 4 is 34.2 Å². The van der Waals surface area contributed by atoms with E-state index in [4.69, 9.17) is 28.9 Å². The number of phenolic OH excluding ortho intramolecular Hbond substituents is 2. The second-order valence-corrected chi connectivity index (χ2v) is 19.4. The van der Waals surface area contributed by atoms with E-state index in [1.807, 2.05) is 13.8 Å². The Morgan fingerprint density at radius 1 is 0.954 bits per heavy atom. The largest absolute Gasteiger partial charge is 0.507 e. The number of carbonyl (C=O) groups is 3. The molecule has 0 aromatic heterocycles. The van der Waals surface area contributed by atoms with Gasteiger partial charge in [-0.05, 0) is 39.7 Å². The van der Waals surface area contributed by atoms with Crippen LogP contribution in [0, 0.1) is 36.5 Å². The molecule has 4 heterocycles. The summed E-state index contributed by atoms with van der Waals surface area (Å²) >= 11 is 0. The zero-order valence-corrected chi connectivity index (χ0v) is 40.1. The average molecular weight is 904 g/mol. The number of fused-ring (bicyclic) bond motifs is 1.